The van der Waals surface area contributed by atoms with Crippen LogP contribution in [0.5, 0.6) is 0 Å². The Bertz CT molecular complexity index is 994. The largest absolute Gasteiger partial charge is 0.369 e. The Balaban J connectivity index is 1.25. The number of anilines is 1. The summed E-state index contributed by atoms with van der Waals surface area (Å²) in [5, 5.41) is 6.14. The van der Waals surface area contributed by atoms with Crippen molar-refractivity contribution in [2.24, 2.45) is 5.41 Å². The Hall–Kier alpha value is -2.49. The van der Waals surface area contributed by atoms with Gasteiger partial charge in [-0.25, -0.2) is 0 Å². The summed E-state index contributed by atoms with van der Waals surface area (Å²) in [6, 6.07) is 6.96. The molecule has 3 aliphatic heterocycles. The molecule has 0 aromatic heterocycles. The van der Waals surface area contributed by atoms with Gasteiger partial charge in [0.15, 0.2) is 5.78 Å². The second-order valence-electron chi connectivity index (χ2n) is 11.6. The highest BCUT2D eigenvalue weighted by molar-refractivity contribution is 5.99. The van der Waals surface area contributed by atoms with Gasteiger partial charge < -0.3 is 25.2 Å². The molecule has 3 saturated heterocycles. The summed E-state index contributed by atoms with van der Waals surface area (Å²) in [5.74, 6) is -0.616. The molecule has 9 nitrogen and oxygen atoms in total. The first-order valence-electron chi connectivity index (χ1n) is 13.2. The predicted octanol–water partition coefficient (Wildman–Crippen LogP) is 0.882. The number of ether oxygens (including phenoxy) is 1. The van der Waals surface area contributed by atoms with Gasteiger partial charge in [0, 0.05) is 50.0 Å². The zero-order chi connectivity index (χ0) is 25.6. The van der Waals surface area contributed by atoms with Crippen molar-refractivity contribution in [3.05, 3.63) is 29.8 Å². The molecule has 2 amide bonds. The van der Waals surface area contributed by atoms with Crippen LogP contribution in [0.15, 0.2) is 24.3 Å². The molecule has 5 rings (SSSR count). The summed E-state index contributed by atoms with van der Waals surface area (Å²) < 4.78 is 5.67. The van der Waals surface area contributed by atoms with Crippen molar-refractivity contribution in [1.29, 1.82) is 0 Å². The van der Waals surface area contributed by atoms with E-state index in [2.05, 4.69) is 20.4 Å². The highest BCUT2D eigenvalue weighted by Gasteiger charge is 2.53. The Morgan fingerprint density at radius 2 is 1.72 bits per heavy atom. The Morgan fingerprint density at radius 3 is 2.31 bits per heavy atom. The number of Topliss-reactive ketones (excluding diaryl/α,β-unsaturated/α-hetero) is 1. The van der Waals surface area contributed by atoms with E-state index in [0.717, 1.165) is 37.9 Å². The lowest BCUT2D eigenvalue weighted by molar-refractivity contribution is -0.140. The minimum atomic E-state index is -0.773. The van der Waals surface area contributed by atoms with Crippen LogP contribution in [0, 0.1) is 5.41 Å². The minimum Gasteiger partial charge on any atom is -0.369 e. The molecule has 1 aromatic rings. The molecular weight excluding hydrogens is 458 g/mol. The molecule has 0 bridgehead atoms. The molecule has 36 heavy (non-hydrogen) atoms. The zero-order valence-electron chi connectivity index (χ0n) is 21.8. The van der Waals surface area contributed by atoms with Gasteiger partial charge in [0.05, 0.1) is 6.04 Å². The third-order valence-corrected chi connectivity index (χ3v) is 8.10. The molecule has 1 aliphatic carbocycles. The van der Waals surface area contributed by atoms with E-state index < -0.39 is 17.5 Å². The number of likely N-dealkylation sites (tertiary alicyclic amines) is 1. The number of carbonyl (C=O) groups excluding carboxylic acids is 3. The van der Waals surface area contributed by atoms with Crippen LogP contribution < -0.4 is 15.5 Å². The lowest BCUT2D eigenvalue weighted by Crippen LogP contribution is -2.57. The SMILES string of the molecule is CN[C@H]1CN(C(=O)[C@@H](NC(=O)c2ccc(N3CCN(C4CC4)CC3)cc2)C(C)(C)C)[C@@H]2C(=O)CO[C@H]12. The van der Waals surface area contributed by atoms with Gasteiger partial charge in [0.25, 0.3) is 5.91 Å². The smallest absolute Gasteiger partial charge is 0.251 e. The van der Waals surface area contributed by atoms with Crippen molar-refractivity contribution < 1.29 is 19.1 Å². The number of hydrogen-bond donors (Lipinski definition) is 2. The topological polar surface area (TPSA) is 94.2 Å². The van der Waals surface area contributed by atoms with Crippen LogP contribution in [-0.4, -0.2) is 104 Å². The molecule has 2 N–H and O–H groups in total. The van der Waals surface area contributed by atoms with Crippen molar-refractivity contribution in [2.45, 2.75) is 63.9 Å². The number of hydrogen-bond acceptors (Lipinski definition) is 7. The first-order chi connectivity index (χ1) is 17.2. The zero-order valence-corrected chi connectivity index (χ0v) is 21.8. The number of amides is 2. The number of nitrogens with zero attached hydrogens (tertiary/aromatic N) is 3. The fourth-order valence-corrected chi connectivity index (χ4v) is 5.77. The summed E-state index contributed by atoms with van der Waals surface area (Å²) >= 11 is 0. The van der Waals surface area contributed by atoms with Crippen LogP contribution in [0.25, 0.3) is 0 Å². The van der Waals surface area contributed by atoms with Crippen LogP contribution in [0.1, 0.15) is 44.0 Å². The number of benzene rings is 1. The van der Waals surface area contributed by atoms with Crippen LogP contribution in [0.2, 0.25) is 0 Å². The molecule has 196 valence electrons. The maximum Gasteiger partial charge on any atom is 0.251 e. The van der Waals surface area contributed by atoms with E-state index in [1.807, 2.05) is 52.1 Å². The first kappa shape index (κ1) is 25.2. The number of piperazine rings is 1. The van der Waals surface area contributed by atoms with E-state index in [9.17, 15) is 14.4 Å². The van der Waals surface area contributed by atoms with E-state index in [0.29, 0.717) is 12.1 Å². The Morgan fingerprint density at radius 1 is 1.06 bits per heavy atom. The van der Waals surface area contributed by atoms with Crippen LogP contribution in [0.4, 0.5) is 5.69 Å². The standard InChI is InChI=1S/C27H39N5O4/c1-27(2,3)24(26(35)32-15-20(28-4)23-22(32)21(33)16-36-23)29-25(34)17-5-7-18(8-6-17)30-11-13-31(14-12-30)19-9-10-19/h5-8,19-20,22-24,28H,9-16H2,1-4H3,(H,29,34)/t20-,22+,23+,24+/m0/s1. The van der Waals surface area contributed by atoms with Gasteiger partial charge in [-0.15, -0.1) is 0 Å². The van der Waals surface area contributed by atoms with Crippen molar-refractivity contribution in [2.75, 3.05) is 51.3 Å². The Labute approximate surface area is 213 Å². The third kappa shape index (κ3) is 4.88. The number of rotatable bonds is 6. The van der Waals surface area contributed by atoms with Crippen molar-refractivity contribution >= 4 is 23.3 Å². The summed E-state index contributed by atoms with van der Waals surface area (Å²) in [6.45, 7) is 10.3. The number of carbonyl (C=O) groups is 3. The van der Waals surface area contributed by atoms with Crippen molar-refractivity contribution in [3.8, 4) is 0 Å². The molecule has 1 saturated carbocycles. The molecule has 3 heterocycles. The van der Waals surface area contributed by atoms with Gasteiger partial charge in [-0.2, -0.15) is 0 Å². The summed E-state index contributed by atoms with van der Waals surface area (Å²) in [4.78, 5) is 46.0. The summed E-state index contributed by atoms with van der Waals surface area (Å²) in [5.41, 5.74) is 1.10. The maximum absolute atomic E-state index is 13.7. The molecule has 0 unspecified atom stereocenters. The lowest BCUT2D eigenvalue weighted by Gasteiger charge is -2.36. The van der Waals surface area contributed by atoms with Gasteiger partial charge in [-0.05, 0) is 49.6 Å². The first-order valence-corrected chi connectivity index (χ1v) is 13.2. The van der Waals surface area contributed by atoms with Crippen LogP contribution in [0.3, 0.4) is 0 Å². The number of likely N-dealkylation sites (N-methyl/N-ethyl adjacent to an activating group) is 1. The monoisotopic (exact) mass is 497 g/mol. The summed E-state index contributed by atoms with van der Waals surface area (Å²) in [7, 11) is 1.81. The fourth-order valence-electron chi connectivity index (χ4n) is 5.77. The van der Waals surface area contributed by atoms with Gasteiger partial charge in [-0.3, -0.25) is 19.3 Å². The highest BCUT2D eigenvalue weighted by atomic mass is 16.5. The number of ketones is 1. The molecule has 0 radical (unpaired) electrons. The average molecular weight is 498 g/mol. The average Bonchev–Trinajstić information content (AvgIpc) is 3.55. The molecule has 4 aliphatic rings. The predicted molar refractivity (Wildman–Crippen MR) is 137 cm³/mol. The molecular formula is C27H39N5O4. The van der Waals surface area contributed by atoms with Crippen molar-refractivity contribution in [1.82, 2.24) is 20.4 Å². The van der Waals surface area contributed by atoms with Crippen LogP contribution in [-0.2, 0) is 14.3 Å². The van der Waals surface area contributed by atoms with Gasteiger partial charge in [-0.1, -0.05) is 20.8 Å². The van der Waals surface area contributed by atoms with E-state index >= 15 is 0 Å². The third-order valence-electron chi connectivity index (χ3n) is 8.10. The highest BCUT2D eigenvalue weighted by Crippen LogP contribution is 2.31. The normalized spacial score (nSPS) is 27.8. The second-order valence-corrected chi connectivity index (χ2v) is 11.6. The number of fused-ring (bicyclic) bond motifs is 1. The summed E-state index contributed by atoms with van der Waals surface area (Å²) in [6.07, 6.45) is 2.32. The van der Waals surface area contributed by atoms with E-state index in [1.165, 1.54) is 12.8 Å². The second kappa shape index (κ2) is 9.76. The Kier molecular flexibility index (Phi) is 6.82. The number of nitrogens with one attached hydrogen (secondary N) is 2. The molecule has 4 atom stereocenters. The minimum absolute atomic E-state index is 0.0197. The van der Waals surface area contributed by atoms with Crippen LogP contribution >= 0.6 is 0 Å². The van der Waals surface area contributed by atoms with E-state index in [1.54, 1.807) is 4.90 Å². The molecule has 4 fully saturated rings. The maximum atomic E-state index is 13.7. The lowest BCUT2D eigenvalue weighted by atomic mass is 9.85. The van der Waals surface area contributed by atoms with E-state index in [-0.39, 0.29) is 36.4 Å². The quantitative estimate of drug-likeness (QED) is 0.603. The van der Waals surface area contributed by atoms with E-state index in [4.69, 9.17) is 4.74 Å². The van der Waals surface area contributed by atoms with Gasteiger partial charge in [0.1, 0.15) is 24.8 Å². The molecule has 1 aromatic carbocycles. The van der Waals surface area contributed by atoms with Gasteiger partial charge in [0.2, 0.25) is 5.91 Å². The van der Waals surface area contributed by atoms with Gasteiger partial charge >= 0.3 is 0 Å². The molecule has 9 heteroatoms. The fraction of sp³-hybridized carbons (Fsp3) is 0.667. The molecule has 0 spiro atoms. The van der Waals surface area contributed by atoms with Crippen molar-refractivity contribution in [3.63, 3.8) is 0 Å².